The van der Waals surface area contributed by atoms with Crippen LogP contribution < -0.4 is 10.2 Å². The minimum atomic E-state index is -0.161. The fourth-order valence-electron chi connectivity index (χ4n) is 6.18. The van der Waals surface area contributed by atoms with E-state index in [9.17, 15) is 9.59 Å². The summed E-state index contributed by atoms with van der Waals surface area (Å²) >= 11 is 9.37. The van der Waals surface area contributed by atoms with Crippen LogP contribution in [0.25, 0.3) is 0 Å². The predicted octanol–water partition coefficient (Wildman–Crippen LogP) is 6.16. The summed E-state index contributed by atoms with van der Waals surface area (Å²) in [5, 5.41) is 5.23. The fraction of sp³-hybridized carbons (Fsp3) is 0.385. The first-order chi connectivity index (χ1) is 16.0. The summed E-state index contributed by atoms with van der Waals surface area (Å²) in [6, 6.07) is 15.9. The molecule has 1 N–H and O–H groups in total. The molecule has 2 heterocycles. The number of nitrogens with zero attached hydrogens (tertiary/aromatic N) is 1. The van der Waals surface area contributed by atoms with Crippen molar-refractivity contribution in [2.45, 2.75) is 48.9 Å². The van der Waals surface area contributed by atoms with E-state index in [1.807, 2.05) is 55.1 Å². The highest BCUT2D eigenvalue weighted by atomic mass is 35.5. The molecule has 1 aliphatic heterocycles. The largest absolute Gasteiger partial charge is 0.324 e. The number of amides is 1. The molecular weight excluding hydrogens is 472 g/mol. The molecule has 4 nitrogen and oxygen atoms in total. The minimum absolute atomic E-state index is 0.0429. The number of halogens is 1. The summed E-state index contributed by atoms with van der Waals surface area (Å²) in [5.74, 6) is 2.02. The van der Waals surface area contributed by atoms with Gasteiger partial charge in [0.2, 0.25) is 5.91 Å². The van der Waals surface area contributed by atoms with Crippen molar-refractivity contribution in [1.82, 2.24) is 4.57 Å². The number of aromatic nitrogens is 1. The number of aryl methyl sites for hydroxylation is 1. The quantitative estimate of drug-likeness (QED) is 0.470. The number of nitrogens with one attached hydrogen (secondary N) is 1. The summed E-state index contributed by atoms with van der Waals surface area (Å²) in [6.07, 6.45) is 3.86. The Balaban J connectivity index is 1.37. The maximum Gasteiger partial charge on any atom is 0.308 e. The number of carbonyl (C=O) groups is 1. The molecule has 2 bridgehead atoms. The van der Waals surface area contributed by atoms with Crippen LogP contribution in [0.3, 0.4) is 0 Å². The summed E-state index contributed by atoms with van der Waals surface area (Å²) in [7, 11) is 0. The second-order valence-electron chi connectivity index (χ2n) is 9.51. The van der Waals surface area contributed by atoms with E-state index < -0.39 is 0 Å². The zero-order chi connectivity index (χ0) is 22.7. The molecule has 4 unspecified atom stereocenters. The molecule has 1 aromatic heterocycles. The summed E-state index contributed by atoms with van der Waals surface area (Å²) in [4.78, 5) is 27.2. The molecule has 170 valence electrons. The number of rotatable bonds is 4. The third kappa shape index (κ3) is 3.67. The number of carbonyl (C=O) groups excluding carboxylic acids is 1. The SMILES string of the molecule is Cc1ccccc1NC(=O)Cn1c2c(sc1=O)[C@H](c1ccc(Cl)cc1)C1C3CCC(C3)C1S2. The van der Waals surface area contributed by atoms with Gasteiger partial charge in [-0.25, -0.2) is 0 Å². The smallest absolute Gasteiger partial charge is 0.308 e. The molecule has 6 rings (SSSR count). The van der Waals surface area contributed by atoms with Crippen LogP contribution in [-0.4, -0.2) is 15.7 Å². The molecule has 5 atom stereocenters. The van der Waals surface area contributed by atoms with Gasteiger partial charge in [0.15, 0.2) is 0 Å². The van der Waals surface area contributed by atoms with Gasteiger partial charge in [0.25, 0.3) is 0 Å². The molecule has 0 saturated heterocycles. The van der Waals surface area contributed by atoms with Crippen molar-refractivity contribution in [3.63, 3.8) is 0 Å². The third-order valence-corrected chi connectivity index (χ3v) is 10.7. The zero-order valence-electron chi connectivity index (χ0n) is 18.3. The Bertz CT molecular complexity index is 1280. The first kappa shape index (κ1) is 21.5. The zero-order valence-corrected chi connectivity index (χ0v) is 20.7. The third-order valence-electron chi connectivity index (χ3n) is 7.64. The molecule has 2 aliphatic carbocycles. The van der Waals surface area contributed by atoms with E-state index in [-0.39, 0.29) is 23.2 Å². The van der Waals surface area contributed by atoms with Crippen molar-refractivity contribution >= 4 is 46.3 Å². The van der Waals surface area contributed by atoms with Crippen LogP contribution in [0.4, 0.5) is 5.69 Å². The van der Waals surface area contributed by atoms with Crippen molar-refractivity contribution in [1.29, 1.82) is 0 Å². The second kappa shape index (κ2) is 8.33. The number of thiazole rings is 1. The molecule has 2 aromatic carbocycles. The average molecular weight is 497 g/mol. The molecule has 0 spiro atoms. The van der Waals surface area contributed by atoms with Gasteiger partial charge in [0.1, 0.15) is 6.54 Å². The van der Waals surface area contributed by atoms with E-state index in [0.29, 0.717) is 17.1 Å². The Morgan fingerprint density at radius 3 is 2.67 bits per heavy atom. The van der Waals surface area contributed by atoms with Gasteiger partial charge in [0.05, 0.1) is 5.03 Å². The molecule has 33 heavy (non-hydrogen) atoms. The Hall–Kier alpha value is -2.02. The van der Waals surface area contributed by atoms with E-state index in [4.69, 9.17) is 11.6 Å². The Labute approximate surface area is 206 Å². The van der Waals surface area contributed by atoms with Crippen LogP contribution in [-0.2, 0) is 11.3 Å². The number of hydrogen-bond donors (Lipinski definition) is 1. The van der Waals surface area contributed by atoms with Gasteiger partial charge < -0.3 is 5.32 Å². The lowest BCUT2D eigenvalue weighted by molar-refractivity contribution is -0.116. The van der Waals surface area contributed by atoms with Crippen LogP contribution in [0.1, 0.15) is 41.2 Å². The van der Waals surface area contributed by atoms with E-state index in [0.717, 1.165) is 32.1 Å². The van der Waals surface area contributed by atoms with Crippen LogP contribution >= 0.6 is 34.7 Å². The minimum Gasteiger partial charge on any atom is -0.324 e. The first-order valence-corrected chi connectivity index (χ1v) is 13.6. The summed E-state index contributed by atoms with van der Waals surface area (Å²) < 4.78 is 1.71. The molecular formula is C26H25ClN2O2S2. The van der Waals surface area contributed by atoms with Gasteiger partial charge in [-0.3, -0.25) is 14.2 Å². The van der Waals surface area contributed by atoms with Crippen LogP contribution in [0, 0.1) is 24.7 Å². The van der Waals surface area contributed by atoms with E-state index in [1.165, 1.54) is 36.2 Å². The Morgan fingerprint density at radius 2 is 1.88 bits per heavy atom. The lowest BCUT2D eigenvalue weighted by Gasteiger charge is -2.40. The normalized spacial score (nSPS) is 27.3. The predicted molar refractivity (Wildman–Crippen MR) is 136 cm³/mol. The van der Waals surface area contributed by atoms with Crippen LogP contribution in [0.2, 0.25) is 5.02 Å². The molecule has 7 heteroatoms. The summed E-state index contributed by atoms with van der Waals surface area (Å²) in [6.45, 7) is 2.01. The van der Waals surface area contributed by atoms with Gasteiger partial charge in [-0.1, -0.05) is 53.3 Å². The van der Waals surface area contributed by atoms with Crippen LogP contribution in [0.15, 0.2) is 58.4 Å². The Morgan fingerprint density at radius 1 is 1.12 bits per heavy atom. The van der Waals surface area contributed by atoms with E-state index >= 15 is 0 Å². The van der Waals surface area contributed by atoms with Gasteiger partial charge in [-0.2, -0.15) is 0 Å². The fourth-order valence-corrected chi connectivity index (χ4v) is 9.45. The maximum atomic E-state index is 13.2. The van der Waals surface area contributed by atoms with Crippen molar-refractivity contribution in [2.24, 2.45) is 17.8 Å². The second-order valence-corrected chi connectivity index (χ2v) is 12.1. The highest BCUT2D eigenvalue weighted by Crippen LogP contribution is 2.64. The lowest BCUT2D eigenvalue weighted by atomic mass is 9.75. The van der Waals surface area contributed by atoms with Crippen LogP contribution in [0.5, 0.6) is 0 Å². The lowest BCUT2D eigenvalue weighted by Crippen LogP contribution is -2.34. The van der Waals surface area contributed by atoms with E-state index in [1.54, 1.807) is 4.57 Å². The number of benzene rings is 2. The van der Waals surface area contributed by atoms with E-state index in [2.05, 4.69) is 17.4 Å². The highest BCUT2D eigenvalue weighted by molar-refractivity contribution is 8.00. The average Bonchev–Trinajstić information content (AvgIpc) is 3.49. The molecule has 2 saturated carbocycles. The van der Waals surface area contributed by atoms with Crippen molar-refractivity contribution in [3.05, 3.63) is 79.2 Å². The number of anilines is 1. The number of hydrogen-bond acceptors (Lipinski definition) is 4. The van der Waals surface area contributed by atoms with Crippen molar-refractivity contribution in [2.75, 3.05) is 5.32 Å². The van der Waals surface area contributed by atoms with Gasteiger partial charge >= 0.3 is 4.87 Å². The van der Waals surface area contributed by atoms with Crippen molar-refractivity contribution < 1.29 is 4.79 Å². The van der Waals surface area contributed by atoms with Gasteiger partial charge in [0, 0.05) is 26.8 Å². The molecule has 1 amide bonds. The standard InChI is InChI=1S/C26H25ClN2O2S2/c1-14-4-2-3-5-19(14)28-20(30)13-29-25-24(33-26(29)31)21(15-8-10-18(27)11-9-15)22-16-6-7-17(12-16)23(22)32-25/h2-5,8-11,16-17,21-23H,6-7,12-13H2,1H3,(H,28,30)/t16?,17?,21-,22?,23?/m1/s1. The molecule has 3 aromatic rings. The highest BCUT2D eigenvalue weighted by Gasteiger charge is 2.55. The molecule has 0 radical (unpaired) electrons. The molecule has 2 fully saturated rings. The van der Waals surface area contributed by atoms with Crippen molar-refractivity contribution in [3.8, 4) is 0 Å². The summed E-state index contributed by atoms with van der Waals surface area (Å²) in [5.41, 5.74) is 3.04. The monoisotopic (exact) mass is 496 g/mol. The number of fused-ring (bicyclic) bond motifs is 6. The maximum absolute atomic E-state index is 13.2. The van der Waals surface area contributed by atoms with Gasteiger partial charge in [-0.05, 0) is 73.3 Å². The number of thioether (sulfide) groups is 1. The molecule has 3 aliphatic rings. The Kier molecular flexibility index (Phi) is 5.43. The van der Waals surface area contributed by atoms with Gasteiger partial charge in [-0.15, -0.1) is 11.8 Å². The first-order valence-electron chi connectivity index (χ1n) is 11.5. The topological polar surface area (TPSA) is 51.1 Å². The number of para-hydroxylation sites is 1.